The van der Waals surface area contributed by atoms with E-state index in [1.165, 1.54) is 35.3 Å². The maximum atomic E-state index is 12.6. The zero-order chi connectivity index (χ0) is 16.8. The van der Waals surface area contributed by atoms with Crippen molar-refractivity contribution in [2.24, 2.45) is 7.05 Å². The SMILES string of the molecule is Cn1ccc(S(=O)(=O)Nc2ccc3nc(C(F)(F)F)cn3c2)n1. The number of hydrogen-bond donors (Lipinski definition) is 1. The van der Waals surface area contributed by atoms with Crippen LogP contribution in [-0.2, 0) is 23.2 Å². The highest BCUT2D eigenvalue weighted by Gasteiger charge is 2.33. The second kappa shape index (κ2) is 4.98. The van der Waals surface area contributed by atoms with Crippen LogP contribution in [0.4, 0.5) is 18.9 Å². The van der Waals surface area contributed by atoms with Crippen LogP contribution in [0.5, 0.6) is 0 Å². The second-order valence-electron chi connectivity index (χ2n) is 4.74. The van der Waals surface area contributed by atoms with Crippen LogP contribution in [0.25, 0.3) is 5.65 Å². The first kappa shape index (κ1) is 15.3. The molecule has 0 saturated carbocycles. The van der Waals surface area contributed by atoms with E-state index in [9.17, 15) is 21.6 Å². The Kier molecular flexibility index (Phi) is 3.32. The first-order valence-electron chi connectivity index (χ1n) is 6.23. The van der Waals surface area contributed by atoms with E-state index >= 15 is 0 Å². The van der Waals surface area contributed by atoms with E-state index in [0.29, 0.717) is 0 Å². The molecule has 0 aliphatic heterocycles. The molecule has 0 unspecified atom stereocenters. The van der Waals surface area contributed by atoms with E-state index in [2.05, 4.69) is 14.8 Å². The Morgan fingerprint density at radius 1 is 1.17 bits per heavy atom. The summed E-state index contributed by atoms with van der Waals surface area (Å²) >= 11 is 0. The number of nitrogens with one attached hydrogen (secondary N) is 1. The van der Waals surface area contributed by atoms with Crippen LogP contribution in [-0.4, -0.2) is 27.6 Å². The van der Waals surface area contributed by atoms with E-state index in [1.54, 1.807) is 7.05 Å². The number of halogens is 3. The van der Waals surface area contributed by atoms with E-state index < -0.39 is 21.9 Å². The van der Waals surface area contributed by atoms with Gasteiger partial charge in [-0.2, -0.15) is 26.7 Å². The molecule has 3 aromatic rings. The van der Waals surface area contributed by atoms with Crippen LogP contribution in [0.3, 0.4) is 0 Å². The monoisotopic (exact) mass is 345 g/mol. The quantitative estimate of drug-likeness (QED) is 0.786. The predicted octanol–water partition coefficient (Wildman–Crippen LogP) is 1.89. The Labute approximate surface area is 128 Å². The first-order valence-corrected chi connectivity index (χ1v) is 7.72. The largest absolute Gasteiger partial charge is 0.434 e. The Hall–Kier alpha value is -2.56. The smallest absolute Gasteiger partial charge is 0.304 e. The van der Waals surface area contributed by atoms with Crippen molar-refractivity contribution in [1.82, 2.24) is 19.2 Å². The minimum absolute atomic E-state index is 0.0538. The molecule has 0 bridgehead atoms. The number of aryl methyl sites for hydroxylation is 1. The number of imidazole rings is 1. The summed E-state index contributed by atoms with van der Waals surface area (Å²) in [4.78, 5) is 3.43. The molecule has 0 fully saturated rings. The average molecular weight is 345 g/mol. The molecule has 0 amide bonds. The summed E-state index contributed by atoms with van der Waals surface area (Å²) in [6.07, 6.45) is -1.12. The summed E-state index contributed by atoms with van der Waals surface area (Å²) in [7, 11) is -2.36. The zero-order valence-electron chi connectivity index (χ0n) is 11.6. The summed E-state index contributed by atoms with van der Waals surface area (Å²) in [6.45, 7) is 0. The molecule has 0 aliphatic carbocycles. The fourth-order valence-corrected chi connectivity index (χ4v) is 2.95. The van der Waals surface area contributed by atoms with Gasteiger partial charge in [-0.15, -0.1) is 0 Å². The number of aromatic nitrogens is 4. The van der Waals surface area contributed by atoms with Gasteiger partial charge in [-0.1, -0.05) is 0 Å². The summed E-state index contributed by atoms with van der Waals surface area (Å²) in [5.74, 6) is 0. The lowest BCUT2D eigenvalue weighted by atomic mass is 10.4. The van der Waals surface area contributed by atoms with Crippen molar-refractivity contribution in [2.45, 2.75) is 11.2 Å². The topological polar surface area (TPSA) is 81.3 Å². The number of alkyl halides is 3. The summed E-state index contributed by atoms with van der Waals surface area (Å²) < 4.78 is 66.8. The van der Waals surface area contributed by atoms with Crippen molar-refractivity contribution >= 4 is 21.4 Å². The third kappa shape index (κ3) is 2.99. The Bertz CT molecular complexity index is 974. The van der Waals surface area contributed by atoms with Crippen LogP contribution in [0, 0.1) is 0 Å². The van der Waals surface area contributed by atoms with Crippen LogP contribution in [0.15, 0.2) is 41.8 Å². The molecule has 122 valence electrons. The summed E-state index contributed by atoms with van der Waals surface area (Å²) in [5.41, 5.74) is -0.908. The molecule has 0 aromatic carbocycles. The van der Waals surface area contributed by atoms with Crippen LogP contribution < -0.4 is 4.72 Å². The van der Waals surface area contributed by atoms with Crippen molar-refractivity contribution in [1.29, 1.82) is 0 Å². The van der Waals surface area contributed by atoms with Crippen LogP contribution in [0.1, 0.15) is 5.69 Å². The van der Waals surface area contributed by atoms with Crippen molar-refractivity contribution in [2.75, 3.05) is 4.72 Å². The molecule has 0 atom stereocenters. The number of sulfonamides is 1. The Morgan fingerprint density at radius 3 is 2.52 bits per heavy atom. The highest BCUT2D eigenvalue weighted by molar-refractivity contribution is 7.92. The molecule has 23 heavy (non-hydrogen) atoms. The molecular weight excluding hydrogens is 335 g/mol. The Balaban J connectivity index is 1.95. The molecular formula is C12H10F3N5O2S. The van der Waals surface area contributed by atoms with Crippen molar-refractivity contribution in [3.05, 3.63) is 42.5 Å². The highest BCUT2D eigenvalue weighted by Crippen LogP contribution is 2.29. The van der Waals surface area contributed by atoms with Crippen LogP contribution >= 0.6 is 0 Å². The predicted molar refractivity (Wildman–Crippen MR) is 74.2 cm³/mol. The van der Waals surface area contributed by atoms with Gasteiger partial charge >= 0.3 is 6.18 Å². The number of hydrogen-bond acceptors (Lipinski definition) is 4. The second-order valence-corrected chi connectivity index (χ2v) is 6.37. The van der Waals surface area contributed by atoms with Gasteiger partial charge in [-0.25, -0.2) is 4.98 Å². The van der Waals surface area contributed by atoms with Gasteiger partial charge in [-0.05, 0) is 18.2 Å². The minimum Gasteiger partial charge on any atom is -0.304 e. The normalized spacial score (nSPS) is 12.7. The molecule has 0 radical (unpaired) electrons. The van der Waals surface area contributed by atoms with Gasteiger partial charge in [0, 0.05) is 25.6 Å². The van der Waals surface area contributed by atoms with Gasteiger partial charge in [0.15, 0.2) is 10.7 Å². The molecule has 3 aromatic heterocycles. The fraction of sp³-hybridized carbons (Fsp3) is 0.167. The lowest BCUT2D eigenvalue weighted by Crippen LogP contribution is -2.14. The number of nitrogens with zero attached hydrogens (tertiary/aromatic N) is 4. The number of anilines is 1. The average Bonchev–Trinajstić information content (AvgIpc) is 3.03. The first-order chi connectivity index (χ1) is 10.6. The molecule has 3 heterocycles. The van der Waals surface area contributed by atoms with E-state index in [1.807, 2.05) is 0 Å². The van der Waals surface area contributed by atoms with Gasteiger partial charge in [0.05, 0.1) is 5.69 Å². The van der Waals surface area contributed by atoms with E-state index in [0.717, 1.165) is 10.6 Å². The molecule has 11 heteroatoms. The van der Waals surface area contributed by atoms with Crippen LogP contribution in [0.2, 0.25) is 0 Å². The molecule has 3 rings (SSSR count). The molecule has 7 nitrogen and oxygen atoms in total. The van der Waals surface area contributed by atoms with E-state index in [-0.39, 0.29) is 16.4 Å². The molecule has 1 N–H and O–H groups in total. The molecule has 0 spiro atoms. The van der Waals surface area contributed by atoms with Crippen molar-refractivity contribution < 1.29 is 21.6 Å². The van der Waals surface area contributed by atoms with Gasteiger partial charge in [0.25, 0.3) is 10.0 Å². The van der Waals surface area contributed by atoms with Gasteiger partial charge in [0.2, 0.25) is 0 Å². The van der Waals surface area contributed by atoms with Crippen molar-refractivity contribution in [3.63, 3.8) is 0 Å². The van der Waals surface area contributed by atoms with Gasteiger partial charge < -0.3 is 4.40 Å². The van der Waals surface area contributed by atoms with E-state index in [4.69, 9.17) is 0 Å². The zero-order valence-corrected chi connectivity index (χ0v) is 12.4. The number of fused-ring (bicyclic) bond motifs is 1. The van der Waals surface area contributed by atoms with Gasteiger partial charge in [-0.3, -0.25) is 9.40 Å². The Morgan fingerprint density at radius 2 is 1.91 bits per heavy atom. The third-order valence-electron chi connectivity index (χ3n) is 2.96. The summed E-state index contributed by atoms with van der Waals surface area (Å²) in [6, 6.07) is 3.91. The van der Waals surface area contributed by atoms with Gasteiger partial charge in [0.1, 0.15) is 5.65 Å². The summed E-state index contributed by atoms with van der Waals surface area (Å²) in [5, 5.41) is 3.58. The molecule has 0 aliphatic rings. The maximum absolute atomic E-state index is 12.6. The number of rotatable bonds is 3. The lowest BCUT2D eigenvalue weighted by Gasteiger charge is -2.06. The highest BCUT2D eigenvalue weighted by atomic mass is 32.2. The fourth-order valence-electron chi connectivity index (χ4n) is 1.93. The van der Waals surface area contributed by atoms with Crippen molar-refractivity contribution in [3.8, 4) is 0 Å². The third-order valence-corrected chi connectivity index (χ3v) is 4.23. The maximum Gasteiger partial charge on any atom is 0.434 e. The minimum atomic E-state index is -4.57. The lowest BCUT2D eigenvalue weighted by molar-refractivity contribution is -0.140. The molecule has 0 saturated heterocycles. The number of pyridine rings is 1. The standard InChI is InChI=1S/C12H10F3N5O2S/c1-19-5-4-11(17-19)23(21,22)18-8-2-3-10-16-9(12(13,14)15)7-20(10)6-8/h2-7,18H,1H3.